The van der Waals surface area contributed by atoms with Gasteiger partial charge < -0.3 is 4.74 Å². The molecule has 0 aliphatic rings. The zero-order valence-electron chi connectivity index (χ0n) is 11.6. The fourth-order valence-corrected chi connectivity index (χ4v) is 2.95. The molecule has 0 saturated heterocycles. The SMILES string of the molecule is COC(=O)CCc1csc(-c2ccc3ncccc3c2)n1. The third-order valence-corrected chi connectivity index (χ3v) is 4.15. The summed E-state index contributed by atoms with van der Waals surface area (Å²) in [5.74, 6) is -0.207. The molecule has 0 saturated carbocycles. The molecule has 106 valence electrons. The Kier molecular flexibility index (Phi) is 3.92. The highest BCUT2D eigenvalue weighted by Crippen LogP contribution is 2.26. The summed E-state index contributed by atoms with van der Waals surface area (Å²) in [5.41, 5.74) is 2.97. The second kappa shape index (κ2) is 6.01. The molecule has 2 heterocycles. The molecule has 0 amide bonds. The number of hydrogen-bond donors (Lipinski definition) is 0. The van der Waals surface area contributed by atoms with E-state index in [1.165, 1.54) is 7.11 Å². The number of carbonyl (C=O) groups excluding carboxylic acids is 1. The summed E-state index contributed by atoms with van der Waals surface area (Å²) in [7, 11) is 1.40. The second-order valence-electron chi connectivity index (χ2n) is 4.63. The summed E-state index contributed by atoms with van der Waals surface area (Å²) in [6, 6.07) is 10.1. The van der Waals surface area contributed by atoms with Crippen molar-refractivity contribution in [1.82, 2.24) is 9.97 Å². The van der Waals surface area contributed by atoms with Gasteiger partial charge in [0.25, 0.3) is 0 Å². The Morgan fingerprint density at radius 1 is 1.33 bits per heavy atom. The average molecular weight is 298 g/mol. The van der Waals surface area contributed by atoms with E-state index >= 15 is 0 Å². The number of carbonyl (C=O) groups is 1. The second-order valence-corrected chi connectivity index (χ2v) is 5.49. The minimum atomic E-state index is -0.207. The largest absolute Gasteiger partial charge is 0.469 e. The summed E-state index contributed by atoms with van der Waals surface area (Å²) in [4.78, 5) is 20.0. The molecule has 2 aromatic heterocycles. The molecule has 1 aromatic carbocycles. The standard InChI is InChI=1S/C16H14N2O2S/c1-20-15(19)7-5-13-10-21-16(18-13)12-4-6-14-11(9-12)3-2-8-17-14/h2-4,6,8-10H,5,7H2,1H3. The van der Waals surface area contributed by atoms with Gasteiger partial charge in [-0.15, -0.1) is 11.3 Å². The number of nitrogens with zero attached hydrogens (tertiary/aromatic N) is 2. The Bertz CT molecular complexity index is 783. The molecule has 0 unspecified atom stereocenters. The van der Waals surface area contributed by atoms with Gasteiger partial charge in [0.15, 0.2) is 0 Å². The van der Waals surface area contributed by atoms with E-state index in [1.54, 1.807) is 17.5 Å². The maximum absolute atomic E-state index is 11.2. The first-order chi connectivity index (χ1) is 10.3. The van der Waals surface area contributed by atoms with Crippen LogP contribution in [0.5, 0.6) is 0 Å². The van der Waals surface area contributed by atoms with Gasteiger partial charge in [-0.2, -0.15) is 0 Å². The van der Waals surface area contributed by atoms with Gasteiger partial charge >= 0.3 is 5.97 Å². The summed E-state index contributed by atoms with van der Waals surface area (Å²) in [6.07, 6.45) is 2.76. The number of hydrogen-bond acceptors (Lipinski definition) is 5. The number of esters is 1. The van der Waals surface area contributed by atoms with Crippen LogP contribution >= 0.6 is 11.3 Å². The van der Waals surface area contributed by atoms with E-state index in [4.69, 9.17) is 0 Å². The minimum Gasteiger partial charge on any atom is -0.469 e. The molecule has 0 aliphatic heterocycles. The van der Waals surface area contributed by atoms with Gasteiger partial charge in [-0.1, -0.05) is 6.07 Å². The number of aryl methyl sites for hydroxylation is 1. The number of benzene rings is 1. The predicted octanol–water partition coefficient (Wildman–Crippen LogP) is 3.46. The van der Waals surface area contributed by atoms with E-state index in [-0.39, 0.29) is 5.97 Å². The van der Waals surface area contributed by atoms with Gasteiger partial charge in [0.1, 0.15) is 5.01 Å². The van der Waals surface area contributed by atoms with E-state index in [0.29, 0.717) is 12.8 Å². The van der Waals surface area contributed by atoms with Crippen LogP contribution in [-0.2, 0) is 16.0 Å². The van der Waals surface area contributed by atoms with Gasteiger partial charge in [0.2, 0.25) is 0 Å². The van der Waals surface area contributed by atoms with Crippen LogP contribution in [0.2, 0.25) is 0 Å². The van der Waals surface area contributed by atoms with Crippen LogP contribution in [0.15, 0.2) is 41.9 Å². The van der Waals surface area contributed by atoms with Crippen molar-refractivity contribution in [3.63, 3.8) is 0 Å². The smallest absolute Gasteiger partial charge is 0.305 e. The molecule has 0 radical (unpaired) electrons. The van der Waals surface area contributed by atoms with Crippen LogP contribution in [0.4, 0.5) is 0 Å². The van der Waals surface area contributed by atoms with Crippen molar-refractivity contribution >= 4 is 28.2 Å². The highest BCUT2D eigenvalue weighted by Gasteiger charge is 2.08. The molecule has 0 N–H and O–H groups in total. The number of ether oxygens (including phenoxy) is 1. The Balaban J connectivity index is 1.82. The van der Waals surface area contributed by atoms with Crippen LogP contribution < -0.4 is 0 Å². The van der Waals surface area contributed by atoms with Crippen molar-refractivity contribution in [1.29, 1.82) is 0 Å². The van der Waals surface area contributed by atoms with Crippen LogP contribution in [0.25, 0.3) is 21.5 Å². The molecule has 0 fully saturated rings. The number of aromatic nitrogens is 2. The third kappa shape index (κ3) is 3.08. The van der Waals surface area contributed by atoms with Crippen molar-refractivity contribution < 1.29 is 9.53 Å². The van der Waals surface area contributed by atoms with E-state index in [9.17, 15) is 4.79 Å². The molecule has 0 aliphatic carbocycles. The Labute approximate surface area is 126 Å². The van der Waals surface area contributed by atoms with Crippen LogP contribution in [0, 0.1) is 0 Å². The lowest BCUT2D eigenvalue weighted by molar-refractivity contribution is -0.140. The molecule has 3 rings (SSSR count). The Morgan fingerprint density at radius 2 is 2.24 bits per heavy atom. The lowest BCUT2D eigenvalue weighted by Gasteiger charge is -2.00. The van der Waals surface area contributed by atoms with Gasteiger partial charge in [-0.3, -0.25) is 9.78 Å². The monoisotopic (exact) mass is 298 g/mol. The molecule has 0 spiro atoms. The Hall–Kier alpha value is -2.27. The van der Waals surface area contributed by atoms with E-state index < -0.39 is 0 Å². The van der Waals surface area contributed by atoms with Gasteiger partial charge in [-0.05, 0) is 24.3 Å². The normalized spacial score (nSPS) is 10.7. The first kappa shape index (κ1) is 13.7. The molecule has 3 aromatic rings. The highest BCUT2D eigenvalue weighted by molar-refractivity contribution is 7.13. The average Bonchev–Trinajstić information content (AvgIpc) is 3.01. The lowest BCUT2D eigenvalue weighted by Crippen LogP contribution is -2.01. The van der Waals surface area contributed by atoms with Gasteiger partial charge in [0, 0.05) is 28.9 Å². The first-order valence-electron chi connectivity index (χ1n) is 6.62. The molecule has 0 bridgehead atoms. The number of fused-ring (bicyclic) bond motifs is 1. The maximum atomic E-state index is 11.2. The molecular formula is C16H14N2O2S. The number of methoxy groups -OCH3 is 1. The maximum Gasteiger partial charge on any atom is 0.305 e. The summed E-state index contributed by atoms with van der Waals surface area (Å²) in [5, 5.41) is 4.05. The van der Waals surface area contributed by atoms with E-state index in [0.717, 1.165) is 27.2 Å². The van der Waals surface area contributed by atoms with Crippen LogP contribution in [-0.4, -0.2) is 23.0 Å². The van der Waals surface area contributed by atoms with Crippen molar-refractivity contribution in [3.05, 3.63) is 47.6 Å². The first-order valence-corrected chi connectivity index (χ1v) is 7.50. The van der Waals surface area contributed by atoms with Gasteiger partial charge in [0.05, 0.1) is 24.7 Å². The zero-order chi connectivity index (χ0) is 14.7. The fraction of sp³-hybridized carbons (Fsp3) is 0.188. The molecule has 5 heteroatoms. The van der Waals surface area contributed by atoms with Crippen molar-refractivity contribution in [3.8, 4) is 10.6 Å². The molecule has 0 atom stereocenters. The summed E-state index contributed by atoms with van der Waals surface area (Å²) < 4.78 is 4.64. The van der Waals surface area contributed by atoms with Crippen molar-refractivity contribution in [2.75, 3.05) is 7.11 Å². The molecule has 4 nitrogen and oxygen atoms in total. The summed E-state index contributed by atoms with van der Waals surface area (Å²) in [6.45, 7) is 0. The summed E-state index contributed by atoms with van der Waals surface area (Å²) >= 11 is 1.59. The number of pyridine rings is 1. The zero-order valence-corrected chi connectivity index (χ0v) is 12.4. The number of thiazole rings is 1. The van der Waals surface area contributed by atoms with Crippen molar-refractivity contribution in [2.24, 2.45) is 0 Å². The number of rotatable bonds is 4. The highest BCUT2D eigenvalue weighted by atomic mass is 32.1. The predicted molar refractivity (Wildman–Crippen MR) is 83.2 cm³/mol. The van der Waals surface area contributed by atoms with E-state index in [2.05, 4.69) is 20.8 Å². The topological polar surface area (TPSA) is 52.1 Å². The molecular weight excluding hydrogens is 284 g/mol. The van der Waals surface area contributed by atoms with E-state index in [1.807, 2.05) is 29.6 Å². The Morgan fingerprint density at radius 3 is 3.10 bits per heavy atom. The molecule has 21 heavy (non-hydrogen) atoms. The van der Waals surface area contributed by atoms with Crippen LogP contribution in [0.1, 0.15) is 12.1 Å². The fourth-order valence-electron chi connectivity index (χ4n) is 2.10. The lowest BCUT2D eigenvalue weighted by atomic mass is 10.1. The minimum absolute atomic E-state index is 0.207. The van der Waals surface area contributed by atoms with Gasteiger partial charge in [-0.25, -0.2) is 4.98 Å². The van der Waals surface area contributed by atoms with Crippen LogP contribution in [0.3, 0.4) is 0 Å². The third-order valence-electron chi connectivity index (χ3n) is 3.21. The quantitative estimate of drug-likeness (QED) is 0.692. The van der Waals surface area contributed by atoms with Crippen molar-refractivity contribution in [2.45, 2.75) is 12.8 Å².